The van der Waals surface area contributed by atoms with Crippen molar-refractivity contribution in [1.29, 1.82) is 0 Å². The van der Waals surface area contributed by atoms with Gasteiger partial charge in [0.05, 0.1) is 12.3 Å². The van der Waals surface area contributed by atoms with Gasteiger partial charge in [0.15, 0.2) is 0 Å². The number of hydrogen-bond acceptors (Lipinski definition) is 5. The van der Waals surface area contributed by atoms with Gasteiger partial charge in [-0.25, -0.2) is 9.97 Å². The van der Waals surface area contributed by atoms with E-state index in [0.717, 1.165) is 72.5 Å². The molecule has 0 atom stereocenters. The third kappa shape index (κ3) is 4.76. The minimum atomic E-state index is 0.218. The number of anilines is 1. The van der Waals surface area contributed by atoms with E-state index in [2.05, 4.69) is 11.0 Å². The van der Waals surface area contributed by atoms with Crippen LogP contribution in [0.4, 0.5) is 5.82 Å². The molecule has 160 valence electrons. The molecule has 0 N–H and O–H groups in total. The van der Waals surface area contributed by atoms with Crippen LogP contribution in [-0.4, -0.2) is 54.1 Å². The van der Waals surface area contributed by atoms with Crippen LogP contribution in [0.15, 0.2) is 24.3 Å². The Morgan fingerprint density at radius 3 is 2.60 bits per heavy atom. The molecule has 1 aliphatic heterocycles. The van der Waals surface area contributed by atoms with E-state index in [-0.39, 0.29) is 5.91 Å². The van der Waals surface area contributed by atoms with Crippen molar-refractivity contribution >= 4 is 23.3 Å². The van der Waals surface area contributed by atoms with Crippen LogP contribution >= 0.6 is 11.6 Å². The Kier molecular flexibility index (Phi) is 6.54. The first-order valence-corrected chi connectivity index (χ1v) is 11.1. The summed E-state index contributed by atoms with van der Waals surface area (Å²) >= 11 is 6.23. The zero-order valence-corrected chi connectivity index (χ0v) is 18.5. The van der Waals surface area contributed by atoms with Gasteiger partial charge in [0.2, 0.25) is 5.91 Å². The van der Waals surface area contributed by atoms with Crippen LogP contribution in [0.3, 0.4) is 0 Å². The average molecular weight is 429 g/mol. The molecule has 2 heterocycles. The number of rotatable bonds is 7. The van der Waals surface area contributed by atoms with Crippen LogP contribution in [0.25, 0.3) is 0 Å². The van der Waals surface area contributed by atoms with Crippen molar-refractivity contribution in [2.45, 2.75) is 45.1 Å². The zero-order chi connectivity index (χ0) is 21.1. The van der Waals surface area contributed by atoms with Crippen LogP contribution in [0.1, 0.15) is 54.7 Å². The summed E-state index contributed by atoms with van der Waals surface area (Å²) < 4.78 is 5.50. The van der Waals surface area contributed by atoms with Crippen molar-refractivity contribution in [3.8, 4) is 0 Å². The predicted molar refractivity (Wildman–Crippen MR) is 118 cm³/mol. The molecule has 0 spiro atoms. The maximum Gasteiger partial charge on any atom is 0.222 e. The summed E-state index contributed by atoms with van der Waals surface area (Å²) in [6.45, 7) is 5.39. The van der Waals surface area contributed by atoms with E-state index < -0.39 is 0 Å². The van der Waals surface area contributed by atoms with E-state index in [4.69, 9.17) is 26.3 Å². The Labute approximate surface area is 183 Å². The molecule has 2 aliphatic rings. The summed E-state index contributed by atoms with van der Waals surface area (Å²) in [4.78, 5) is 26.3. The van der Waals surface area contributed by atoms with Gasteiger partial charge in [-0.3, -0.25) is 4.79 Å². The number of amides is 1. The smallest absolute Gasteiger partial charge is 0.222 e. The van der Waals surface area contributed by atoms with E-state index in [9.17, 15) is 4.79 Å². The van der Waals surface area contributed by atoms with Crippen LogP contribution in [0.2, 0.25) is 5.02 Å². The maximum absolute atomic E-state index is 12.1. The summed E-state index contributed by atoms with van der Waals surface area (Å²) in [6, 6.07) is 7.94. The Bertz CT molecular complexity index is 908. The van der Waals surface area contributed by atoms with Gasteiger partial charge in [0, 0.05) is 62.6 Å². The molecule has 0 radical (unpaired) electrons. The molecule has 7 heteroatoms. The second kappa shape index (κ2) is 9.31. The lowest BCUT2D eigenvalue weighted by Crippen LogP contribution is -2.49. The fourth-order valence-electron chi connectivity index (χ4n) is 4.00. The lowest BCUT2D eigenvalue weighted by Gasteiger charge is -2.36. The predicted octanol–water partition coefficient (Wildman–Crippen LogP) is 3.80. The van der Waals surface area contributed by atoms with E-state index in [1.54, 1.807) is 7.11 Å². The molecule has 0 bridgehead atoms. The van der Waals surface area contributed by atoms with Crippen molar-refractivity contribution in [1.82, 2.24) is 14.9 Å². The topological polar surface area (TPSA) is 58.6 Å². The van der Waals surface area contributed by atoms with Crippen LogP contribution in [-0.2, 0) is 22.6 Å². The van der Waals surface area contributed by atoms with Gasteiger partial charge in [0.1, 0.15) is 11.6 Å². The fourth-order valence-corrected chi connectivity index (χ4v) is 4.21. The van der Waals surface area contributed by atoms with Crippen molar-refractivity contribution in [2.75, 3.05) is 38.2 Å². The van der Waals surface area contributed by atoms with Gasteiger partial charge in [-0.05, 0) is 30.5 Å². The number of carbonyl (C=O) groups is 1. The highest BCUT2D eigenvalue weighted by Gasteiger charge is 2.31. The Morgan fingerprint density at radius 2 is 1.97 bits per heavy atom. The molecule has 1 aromatic heterocycles. The number of hydrogen-bond donors (Lipinski definition) is 0. The number of ether oxygens (including phenoxy) is 1. The Hall–Kier alpha value is -2.18. The normalized spacial score (nSPS) is 16.8. The number of methoxy groups -OCH3 is 1. The second-order valence-electron chi connectivity index (χ2n) is 8.07. The molecule has 1 saturated heterocycles. The number of nitrogens with zero attached hydrogens (tertiary/aromatic N) is 4. The summed E-state index contributed by atoms with van der Waals surface area (Å²) in [5.74, 6) is 2.60. The summed E-state index contributed by atoms with van der Waals surface area (Å²) in [6.07, 6.45) is 3.56. The average Bonchev–Trinajstić information content (AvgIpc) is 3.60. The minimum absolute atomic E-state index is 0.218. The standard InChI is InChI=1S/C23H29ClN4O2/c1-3-21(29)27-9-11-28(12-10-27)23-19(14-16-5-4-6-18(24)13-16)20(15-30-2)25-22(26-23)17-7-8-17/h4-6,13,17H,3,7-12,14-15H2,1-2H3. The van der Waals surface area contributed by atoms with E-state index >= 15 is 0 Å². The van der Waals surface area contributed by atoms with Crippen LogP contribution < -0.4 is 4.90 Å². The Balaban J connectivity index is 1.68. The third-order valence-corrected chi connectivity index (χ3v) is 6.05. The summed E-state index contributed by atoms with van der Waals surface area (Å²) in [7, 11) is 1.71. The van der Waals surface area contributed by atoms with Crippen molar-refractivity contribution in [3.05, 3.63) is 51.9 Å². The molecule has 2 fully saturated rings. The number of carbonyl (C=O) groups excluding carboxylic acids is 1. The largest absolute Gasteiger partial charge is 0.378 e. The van der Waals surface area contributed by atoms with Gasteiger partial charge in [0.25, 0.3) is 0 Å². The van der Waals surface area contributed by atoms with Crippen LogP contribution in [0, 0.1) is 0 Å². The SMILES string of the molecule is CCC(=O)N1CCN(c2nc(C3CC3)nc(COC)c2Cc2cccc(Cl)c2)CC1. The highest BCUT2D eigenvalue weighted by atomic mass is 35.5. The first kappa shape index (κ1) is 21.1. The number of aromatic nitrogens is 2. The van der Waals surface area contributed by atoms with Gasteiger partial charge in [-0.2, -0.15) is 0 Å². The van der Waals surface area contributed by atoms with Gasteiger partial charge in [-0.1, -0.05) is 30.7 Å². The quantitative estimate of drug-likeness (QED) is 0.671. The van der Waals surface area contributed by atoms with E-state index in [1.807, 2.05) is 30.0 Å². The highest BCUT2D eigenvalue weighted by molar-refractivity contribution is 6.30. The number of halogens is 1. The van der Waals surface area contributed by atoms with E-state index in [0.29, 0.717) is 25.4 Å². The first-order chi connectivity index (χ1) is 14.6. The van der Waals surface area contributed by atoms with Gasteiger partial charge < -0.3 is 14.5 Å². The molecule has 2 aromatic rings. The molecular weight excluding hydrogens is 400 g/mol. The molecule has 30 heavy (non-hydrogen) atoms. The van der Waals surface area contributed by atoms with Gasteiger partial charge >= 0.3 is 0 Å². The molecule has 1 aliphatic carbocycles. The number of piperazine rings is 1. The lowest BCUT2D eigenvalue weighted by atomic mass is 10.0. The molecule has 1 aromatic carbocycles. The monoisotopic (exact) mass is 428 g/mol. The minimum Gasteiger partial charge on any atom is -0.378 e. The summed E-state index contributed by atoms with van der Waals surface area (Å²) in [5.41, 5.74) is 3.18. The van der Waals surface area contributed by atoms with Crippen molar-refractivity contribution in [2.24, 2.45) is 0 Å². The summed E-state index contributed by atoms with van der Waals surface area (Å²) in [5, 5.41) is 0.726. The number of benzene rings is 1. The fraction of sp³-hybridized carbons (Fsp3) is 0.522. The van der Waals surface area contributed by atoms with E-state index in [1.165, 1.54) is 0 Å². The lowest BCUT2D eigenvalue weighted by molar-refractivity contribution is -0.131. The molecule has 4 rings (SSSR count). The Morgan fingerprint density at radius 1 is 1.20 bits per heavy atom. The molecule has 1 saturated carbocycles. The maximum atomic E-state index is 12.1. The molecule has 6 nitrogen and oxygen atoms in total. The third-order valence-electron chi connectivity index (χ3n) is 5.82. The van der Waals surface area contributed by atoms with Crippen molar-refractivity contribution in [3.63, 3.8) is 0 Å². The zero-order valence-electron chi connectivity index (χ0n) is 17.7. The van der Waals surface area contributed by atoms with Gasteiger partial charge in [-0.15, -0.1) is 0 Å². The first-order valence-electron chi connectivity index (χ1n) is 10.7. The second-order valence-corrected chi connectivity index (χ2v) is 8.50. The molecular formula is C23H29ClN4O2. The van der Waals surface area contributed by atoms with Crippen LogP contribution in [0.5, 0.6) is 0 Å². The van der Waals surface area contributed by atoms with Crippen molar-refractivity contribution < 1.29 is 9.53 Å². The molecule has 1 amide bonds. The molecule has 0 unspecified atom stereocenters. The highest BCUT2D eigenvalue weighted by Crippen LogP contribution is 2.40.